The number of esters is 1. The Bertz CT molecular complexity index is 759. The lowest BCUT2D eigenvalue weighted by atomic mass is 10.0. The highest BCUT2D eigenvalue weighted by molar-refractivity contribution is 7.80. The Kier molecular flexibility index (Phi) is 5.93. The number of rotatable bonds is 4. The van der Waals surface area contributed by atoms with Crippen LogP contribution in [0.3, 0.4) is 0 Å². The average molecular weight is 342 g/mol. The van der Waals surface area contributed by atoms with Gasteiger partial charge in [0.15, 0.2) is 5.11 Å². The maximum Gasteiger partial charge on any atom is 0.338 e. The summed E-state index contributed by atoms with van der Waals surface area (Å²) in [5, 5.41) is 6.95. The van der Waals surface area contributed by atoms with Crippen LogP contribution in [0.4, 0.5) is 5.69 Å². The number of carbonyl (C=O) groups excluding carboxylic acids is 1. The summed E-state index contributed by atoms with van der Waals surface area (Å²) in [6, 6.07) is 13.7. The standard InChI is InChI=1S/C19H22N2O2S/c1-12-8-5-6-9-15(12)14(3)20-19(24)21-17-11-7-10-16(13(17)2)18(22)23-4/h5-11,14H,1-4H3,(H2,20,21,24)/t14-/m1/s1. The number of carbonyl (C=O) groups is 1. The monoisotopic (exact) mass is 342 g/mol. The molecule has 0 aromatic heterocycles. The molecule has 0 spiro atoms. The first-order valence-electron chi connectivity index (χ1n) is 7.75. The van der Waals surface area contributed by atoms with Gasteiger partial charge in [-0.15, -0.1) is 0 Å². The van der Waals surface area contributed by atoms with Crippen LogP contribution < -0.4 is 10.6 Å². The zero-order chi connectivity index (χ0) is 17.7. The Labute approximate surface area is 148 Å². The predicted octanol–water partition coefficient (Wildman–Crippen LogP) is 4.14. The fraction of sp³-hybridized carbons (Fsp3) is 0.263. The van der Waals surface area contributed by atoms with Crippen LogP contribution in [-0.4, -0.2) is 18.2 Å². The van der Waals surface area contributed by atoms with Gasteiger partial charge in [0.25, 0.3) is 0 Å². The third kappa shape index (κ3) is 4.11. The third-order valence-corrected chi connectivity index (χ3v) is 4.21. The van der Waals surface area contributed by atoms with E-state index in [4.69, 9.17) is 17.0 Å². The van der Waals surface area contributed by atoms with Crippen molar-refractivity contribution in [2.24, 2.45) is 0 Å². The molecule has 24 heavy (non-hydrogen) atoms. The van der Waals surface area contributed by atoms with Crippen LogP contribution in [0.15, 0.2) is 42.5 Å². The maximum absolute atomic E-state index is 11.8. The van der Waals surface area contributed by atoms with E-state index in [1.807, 2.05) is 25.1 Å². The maximum atomic E-state index is 11.8. The Morgan fingerprint density at radius 2 is 1.83 bits per heavy atom. The van der Waals surface area contributed by atoms with E-state index < -0.39 is 0 Å². The van der Waals surface area contributed by atoms with Crippen molar-refractivity contribution in [3.8, 4) is 0 Å². The van der Waals surface area contributed by atoms with Gasteiger partial charge in [-0.2, -0.15) is 0 Å². The summed E-state index contributed by atoms with van der Waals surface area (Å²) >= 11 is 5.41. The second-order valence-corrected chi connectivity index (χ2v) is 6.05. The lowest BCUT2D eigenvalue weighted by Crippen LogP contribution is -2.31. The number of anilines is 1. The summed E-state index contributed by atoms with van der Waals surface area (Å²) in [5.41, 5.74) is 4.52. The van der Waals surface area contributed by atoms with E-state index in [1.165, 1.54) is 18.2 Å². The summed E-state index contributed by atoms with van der Waals surface area (Å²) < 4.78 is 4.80. The first-order valence-corrected chi connectivity index (χ1v) is 8.15. The molecule has 0 saturated carbocycles. The quantitative estimate of drug-likeness (QED) is 0.646. The molecule has 4 nitrogen and oxygen atoms in total. The largest absolute Gasteiger partial charge is 0.465 e. The van der Waals surface area contributed by atoms with Gasteiger partial charge in [0, 0.05) is 5.69 Å². The fourth-order valence-electron chi connectivity index (χ4n) is 2.61. The van der Waals surface area contributed by atoms with E-state index in [-0.39, 0.29) is 12.0 Å². The van der Waals surface area contributed by atoms with Crippen LogP contribution in [0, 0.1) is 13.8 Å². The zero-order valence-corrected chi connectivity index (χ0v) is 15.2. The molecule has 0 amide bonds. The first-order chi connectivity index (χ1) is 11.4. The van der Waals surface area contributed by atoms with Crippen molar-refractivity contribution in [2.45, 2.75) is 26.8 Å². The lowest BCUT2D eigenvalue weighted by Gasteiger charge is -2.20. The van der Waals surface area contributed by atoms with E-state index >= 15 is 0 Å². The Morgan fingerprint density at radius 3 is 2.50 bits per heavy atom. The van der Waals surface area contributed by atoms with Gasteiger partial charge < -0.3 is 15.4 Å². The van der Waals surface area contributed by atoms with Crippen molar-refractivity contribution < 1.29 is 9.53 Å². The molecule has 0 fully saturated rings. The van der Waals surface area contributed by atoms with Gasteiger partial charge in [-0.05, 0) is 61.8 Å². The molecule has 2 N–H and O–H groups in total. The molecule has 0 heterocycles. The van der Waals surface area contributed by atoms with Crippen molar-refractivity contribution in [2.75, 3.05) is 12.4 Å². The van der Waals surface area contributed by atoms with Crippen molar-refractivity contribution in [3.05, 3.63) is 64.7 Å². The highest BCUT2D eigenvalue weighted by atomic mass is 32.1. The highest BCUT2D eigenvalue weighted by Crippen LogP contribution is 2.21. The van der Waals surface area contributed by atoms with Gasteiger partial charge in [0.2, 0.25) is 0 Å². The normalized spacial score (nSPS) is 11.5. The average Bonchev–Trinajstić information content (AvgIpc) is 2.56. The molecule has 0 radical (unpaired) electrons. The van der Waals surface area contributed by atoms with Crippen molar-refractivity contribution in [1.29, 1.82) is 0 Å². The van der Waals surface area contributed by atoms with Crippen molar-refractivity contribution >= 4 is 29.0 Å². The predicted molar refractivity (Wildman–Crippen MR) is 101 cm³/mol. The molecule has 0 aliphatic rings. The van der Waals surface area contributed by atoms with Crippen molar-refractivity contribution in [1.82, 2.24) is 5.32 Å². The van der Waals surface area contributed by atoms with Crippen LogP contribution in [0.2, 0.25) is 0 Å². The van der Waals surface area contributed by atoms with E-state index in [1.54, 1.807) is 12.1 Å². The van der Waals surface area contributed by atoms with Gasteiger partial charge >= 0.3 is 5.97 Å². The Morgan fingerprint density at radius 1 is 1.12 bits per heavy atom. The number of hydrogen-bond acceptors (Lipinski definition) is 3. The van der Waals surface area contributed by atoms with E-state index in [2.05, 4.69) is 36.6 Å². The molecule has 0 aliphatic carbocycles. The van der Waals surface area contributed by atoms with Gasteiger partial charge in [-0.25, -0.2) is 4.79 Å². The smallest absolute Gasteiger partial charge is 0.338 e. The number of hydrogen-bond donors (Lipinski definition) is 2. The molecule has 2 aromatic rings. The summed E-state index contributed by atoms with van der Waals surface area (Å²) in [6.45, 7) is 6.00. The number of benzene rings is 2. The summed E-state index contributed by atoms with van der Waals surface area (Å²) in [4.78, 5) is 11.8. The zero-order valence-electron chi connectivity index (χ0n) is 14.3. The topological polar surface area (TPSA) is 50.4 Å². The number of aryl methyl sites for hydroxylation is 1. The van der Waals surface area contributed by atoms with Crippen LogP contribution in [0.5, 0.6) is 0 Å². The minimum absolute atomic E-state index is 0.0790. The van der Waals surface area contributed by atoms with Gasteiger partial charge in [-0.3, -0.25) is 0 Å². The molecule has 5 heteroatoms. The molecule has 2 rings (SSSR count). The summed E-state index contributed by atoms with van der Waals surface area (Å²) in [6.07, 6.45) is 0. The molecular formula is C19H22N2O2S. The second kappa shape index (κ2) is 7.93. The summed E-state index contributed by atoms with van der Waals surface area (Å²) in [7, 11) is 1.37. The Hall–Kier alpha value is -2.40. The number of nitrogens with one attached hydrogen (secondary N) is 2. The SMILES string of the molecule is COC(=O)c1cccc(NC(=S)N[C@H](C)c2ccccc2C)c1C. The first kappa shape index (κ1) is 17.9. The van der Waals surface area contributed by atoms with E-state index in [0.717, 1.165) is 11.3 Å². The minimum atomic E-state index is -0.358. The van der Waals surface area contributed by atoms with Crippen LogP contribution in [-0.2, 0) is 4.74 Å². The Balaban J connectivity index is 2.10. The van der Waals surface area contributed by atoms with E-state index in [0.29, 0.717) is 10.7 Å². The van der Waals surface area contributed by atoms with Gasteiger partial charge in [-0.1, -0.05) is 30.3 Å². The molecular weight excluding hydrogens is 320 g/mol. The van der Waals surface area contributed by atoms with Crippen molar-refractivity contribution in [3.63, 3.8) is 0 Å². The number of methoxy groups -OCH3 is 1. The number of ether oxygens (including phenoxy) is 1. The van der Waals surface area contributed by atoms with E-state index in [9.17, 15) is 4.79 Å². The molecule has 1 atom stereocenters. The second-order valence-electron chi connectivity index (χ2n) is 5.65. The fourth-order valence-corrected chi connectivity index (χ4v) is 2.89. The summed E-state index contributed by atoms with van der Waals surface area (Å²) in [5.74, 6) is -0.358. The lowest BCUT2D eigenvalue weighted by molar-refractivity contribution is 0.0600. The molecule has 0 saturated heterocycles. The van der Waals surface area contributed by atoms with Crippen LogP contribution in [0.25, 0.3) is 0 Å². The molecule has 0 bridgehead atoms. The third-order valence-electron chi connectivity index (χ3n) is 3.99. The van der Waals surface area contributed by atoms with Crippen LogP contribution in [0.1, 0.15) is 40.0 Å². The minimum Gasteiger partial charge on any atom is -0.465 e. The highest BCUT2D eigenvalue weighted by Gasteiger charge is 2.14. The molecule has 2 aromatic carbocycles. The van der Waals surface area contributed by atoms with Gasteiger partial charge in [0.1, 0.15) is 0 Å². The molecule has 0 unspecified atom stereocenters. The molecule has 126 valence electrons. The number of thiocarbonyl (C=S) groups is 1. The molecule has 0 aliphatic heterocycles. The van der Waals surface area contributed by atoms with Crippen LogP contribution >= 0.6 is 12.2 Å². The van der Waals surface area contributed by atoms with Gasteiger partial charge in [0.05, 0.1) is 18.7 Å².